The number of ether oxygens (including phenoxy) is 1. The third-order valence-corrected chi connectivity index (χ3v) is 1.17. The first-order valence-corrected chi connectivity index (χ1v) is 3.42. The molecule has 2 atom stereocenters. The molecule has 0 fully saturated rings. The van der Waals surface area contributed by atoms with Crippen molar-refractivity contribution in [3.63, 3.8) is 0 Å². The van der Waals surface area contributed by atoms with Gasteiger partial charge in [-0.2, -0.15) is 0 Å². The molecule has 0 aliphatic carbocycles. The average Bonchev–Trinajstić information content (AvgIpc) is 1.97. The first-order valence-electron chi connectivity index (χ1n) is 3.42. The molecule has 4 heteroatoms. The van der Waals surface area contributed by atoms with Crippen LogP contribution in [0.3, 0.4) is 0 Å². The molecule has 0 aromatic rings. The van der Waals surface area contributed by atoms with E-state index in [-0.39, 0.29) is 13.2 Å². The van der Waals surface area contributed by atoms with Gasteiger partial charge in [0.05, 0.1) is 25.6 Å². The maximum Gasteiger partial charge on any atom is 0.146 e. The molecule has 1 unspecified atom stereocenters. The number of hydrogen-bond donors (Lipinski definition) is 3. The van der Waals surface area contributed by atoms with Gasteiger partial charge in [-0.05, 0) is 13.0 Å². The zero-order valence-electron chi connectivity index (χ0n) is 6.47. The van der Waals surface area contributed by atoms with Crippen LogP contribution in [0.25, 0.3) is 0 Å². The highest BCUT2D eigenvalue weighted by atomic mass is 16.5. The lowest BCUT2D eigenvalue weighted by Gasteiger charge is -2.16. The predicted octanol–water partition coefficient (Wildman–Crippen LogP) is -0.749. The van der Waals surface area contributed by atoms with Gasteiger partial charge in [-0.1, -0.05) is 0 Å². The van der Waals surface area contributed by atoms with Crippen molar-refractivity contribution in [3.8, 4) is 0 Å². The summed E-state index contributed by atoms with van der Waals surface area (Å²) in [6.45, 7) is 1.17. The molecule has 0 radical (unpaired) electrons. The van der Waals surface area contributed by atoms with Gasteiger partial charge in [0.1, 0.15) is 6.10 Å². The van der Waals surface area contributed by atoms with Crippen LogP contribution in [0.5, 0.6) is 0 Å². The molecular weight excluding hydrogens is 148 g/mol. The van der Waals surface area contributed by atoms with Crippen molar-refractivity contribution >= 4 is 0 Å². The molecule has 4 nitrogen and oxygen atoms in total. The van der Waals surface area contributed by atoms with Crippen LogP contribution in [0.2, 0.25) is 0 Å². The van der Waals surface area contributed by atoms with Crippen molar-refractivity contribution in [2.45, 2.75) is 19.1 Å². The molecule has 0 saturated heterocycles. The summed E-state index contributed by atoms with van der Waals surface area (Å²) in [4.78, 5) is 0. The molecule has 0 amide bonds. The maximum atomic E-state index is 8.93. The van der Waals surface area contributed by atoms with Crippen molar-refractivity contribution in [3.05, 3.63) is 12.3 Å². The topological polar surface area (TPSA) is 69.9 Å². The van der Waals surface area contributed by atoms with Gasteiger partial charge in [0, 0.05) is 0 Å². The van der Waals surface area contributed by atoms with Gasteiger partial charge < -0.3 is 20.1 Å². The fraction of sp³-hybridized carbons (Fsp3) is 0.714. The highest BCUT2D eigenvalue weighted by Gasteiger charge is 2.12. The molecule has 3 N–H and O–H groups in total. The lowest BCUT2D eigenvalue weighted by Crippen LogP contribution is -2.28. The molecular formula is C7H14O4. The van der Waals surface area contributed by atoms with Crippen LogP contribution in [0.4, 0.5) is 0 Å². The maximum absolute atomic E-state index is 8.93. The summed E-state index contributed by atoms with van der Waals surface area (Å²) >= 11 is 0. The Kier molecular flexibility index (Phi) is 5.83. The Bertz CT molecular complexity index is 111. The Hall–Kier alpha value is -0.580. The largest absolute Gasteiger partial charge is 0.493 e. The Morgan fingerprint density at radius 2 is 2.09 bits per heavy atom. The molecule has 0 bridgehead atoms. The first-order chi connectivity index (χ1) is 5.22. The average molecular weight is 162 g/mol. The van der Waals surface area contributed by atoms with Crippen molar-refractivity contribution in [2.24, 2.45) is 0 Å². The predicted molar refractivity (Wildman–Crippen MR) is 39.9 cm³/mol. The minimum absolute atomic E-state index is 0.113. The zero-order chi connectivity index (χ0) is 8.69. The van der Waals surface area contributed by atoms with Crippen molar-refractivity contribution in [1.82, 2.24) is 0 Å². The second-order valence-corrected chi connectivity index (χ2v) is 2.15. The van der Waals surface area contributed by atoms with E-state index in [0.717, 1.165) is 0 Å². The summed E-state index contributed by atoms with van der Waals surface area (Å²) in [5, 5.41) is 25.8. The first kappa shape index (κ1) is 10.4. The van der Waals surface area contributed by atoms with Crippen LogP contribution in [0.1, 0.15) is 6.92 Å². The Labute approximate surface area is 65.7 Å². The van der Waals surface area contributed by atoms with E-state index < -0.39 is 12.2 Å². The second-order valence-electron chi connectivity index (χ2n) is 2.15. The van der Waals surface area contributed by atoms with Crippen molar-refractivity contribution < 1.29 is 20.1 Å². The second kappa shape index (κ2) is 6.15. The van der Waals surface area contributed by atoms with Gasteiger partial charge in [0.25, 0.3) is 0 Å². The standard InChI is InChI=1S/C7H14O4/c1-6(10)7(5-9)11-4-2-3-8/h2,4,6-10H,3,5H2,1H3/b4-2-/t6-,7?/m1/s1. The van der Waals surface area contributed by atoms with E-state index in [1.807, 2.05) is 0 Å². The number of aliphatic hydroxyl groups excluding tert-OH is 3. The molecule has 0 heterocycles. The van der Waals surface area contributed by atoms with Crippen molar-refractivity contribution in [2.75, 3.05) is 13.2 Å². The number of rotatable bonds is 5. The molecule has 0 rings (SSSR count). The van der Waals surface area contributed by atoms with Crippen LogP contribution < -0.4 is 0 Å². The quantitative estimate of drug-likeness (QED) is 0.465. The molecule has 66 valence electrons. The summed E-state index contributed by atoms with van der Waals surface area (Å²) in [7, 11) is 0. The third kappa shape index (κ3) is 4.78. The summed E-state index contributed by atoms with van der Waals surface area (Å²) < 4.78 is 4.85. The Morgan fingerprint density at radius 3 is 2.45 bits per heavy atom. The van der Waals surface area contributed by atoms with Gasteiger partial charge in [-0.3, -0.25) is 0 Å². The van der Waals surface area contributed by atoms with E-state index in [1.165, 1.54) is 19.3 Å². The number of aliphatic hydroxyl groups is 3. The summed E-state index contributed by atoms with van der Waals surface area (Å²) in [6, 6.07) is 0. The lowest BCUT2D eigenvalue weighted by atomic mass is 10.2. The molecule has 0 aromatic heterocycles. The van der Waals surface area contributed by atoms with Crippen LogP contribution in [0, 0.1) is 0 Å². The van der Waals surface area contributed by atoms with Gasteiger partial charge in [0.2, 0.25) is 0 Å². The smallest absolute Gasteiger partial charge is 0.146 e. The highest BCUT2D eigenvalue weighted by molar-refractivity contribution is 4.75. The summed E-state index contributed by atoms with van der Waals surface area (Å²) in [5.74, 6) is 0. The van der Waals surface area contributed by atoms with Crippen LogP contribution in [0.15, 0.2) is 12.3 Å². The molecule has 0 aromatic carbocycles. The minimum atomic E-state index is -0.719. The SMILES string of the molecule is C[C@@H](O)C(CO)O/C=C\CO. The lowest BCUT2D eigenvalue weighted by molar-refractivity contribution is -0.0142. The van der Waals surface area contributed by atoms with E-state index in [4.69, 9.17) is 20.1 Å². The summed E-state index contributed by atoms with van der Waals surface area (Å²) in [5.41, 5.74) is 0. The zero-order valence-corrected chi connectivity index (χ0v) is 6.47. The van der Waals surface area contributed by atoms with E-state index >= 15 is 0 Å². The fourth-order valence-electron chi connectivity index (χ4n) is 0.509. The highest BCUT2D eigenvalue weighted by Crippen LogP contribution is 1.97. The van der Waals surface area contributed by atoms with Gasteiger partial charge in [-0.25, -0.2) is 0 Å². The van der Waals surface area contributed by atoms with E-state index in [9.17, 15) is 0 Å². The van der Waals surface area contributed by atoms with Crippen LogP contribution in [-0.4, -0.2) is 40.7 Å². The molecule has 0 aliphatic rings. The van der Waals surface area contributed by atoms with Crippen LogP contribution >= 0.6 is 0 Å². The van der Waals surface area contributed by atoms with E-state index in [2.05, 4.69) is 0 Å². The fourth-order valence-corrected chi connectivity index (χ4v) is 0.509. The normalized spacial score (nSPS) is 16.7. The minimum Gasteiger partial charge on any atom is -0.493 e. The third-order valence-electron chi connectivity index (χ3n) is 1.17. The molecule has 0 saturated carbocycles. The Balaban J connectivity index is 3.60. The molecule has 0 spiro atoms. The summed E-state index contributed by atoms with van der Waals surface area (Å²) in [6.07, 6.45) is 1.31. The van der Waals surface area contributed by atoms with E-state index in [1.54, 1.807) is 0 Å². The Morgan fingerprint density at radius 1 is 1.45 bits per heavy atom. The van der Waals surface area contributed by atoms with Gasteiger partial charge >= 0.3 is 0 Å². The molecule has 11 heavy (non-hydrogen) atoms. The van der Waals surface area contributed by atoms with Crippen molar-refractivity contribution in [1.29, 1.82) is 0 Å². The van der Waals surface area contributed by atoms with Gasteiger partial charge in [0.15, 0.2) is 0 Å². The monoisotopic (exact) mass is 162 g/mol. The van der Waals surface area contributed by atoms with Crippen LogP contribution in [-0.2, 0) is 4.74 Å². The van der Waals surface area contributed by atoms with E-state index in [0.29, 0.717) is 0 Å². The molecule has 0 aliphatic heterocycles. The number of hydrogen-bond acceptors (Lipinski definition) is 4. The van der Waals surface area contributed by atoms with Gasteiger partial charge in [-0.15, -0.1) is 0 Å².